The largest absolute Gasteiger partial charge is 0.457 e. The molecule has 0 unspecified atom stereocenters. The van der Waals surface area contributed by atoms with E-state index in [4.69, 9.17) is 4.74 Å². The van der Waals surface area contributed by atoms with Crippen LogP contribution in [-0.4, -0.2) is 23.0 Å². The summed E-state index contributed by atoms with van der Waals surface area (Å²) in [5.41, 5.74) is 3.48. The van der Waals surface area contributed by atoms with Crippen molar-refractivity contribution in [3.8, 4) is 0 Å². The Morgan fingerprint density at radius 3 is 2.54 bits per heavy atom. The molecule has 2 aromatic rings. The van der Waals surface area contributed by atoms with E-state index in [1.807, 2.05) is 50.2 Å². The van der Waals surface area contributed by atoms with Gasteiger partial charge >= 0.3 is 5.97 Å². The van der Waals surface area contributed by atoms with Crippen molar-refractivity contribution in [2.75, 3.05) is 6.54 Å². The van der Waals surface area contributed by atoms with Gasteiger partial charge in [-0.2, -0.15) is 0 Å². The van der Waals surface area contributed by atoms with Crippen molar-refractivity contribution < 1.29 is 14.3 Å². The minimum absolute atomic E-state index is 0.0267. The maximum atomic E-state index is 12.3. The molecule has 0 saturated heterocycles. The van der Waals surface area contributed by atoms with Gasteiger partial charge in [0.05, 0.1) is 5.56 Å². The number of hydrogen-bond donors (Lipinski definition) is 1. The highest BCUT2D eigenvalue weighted by Gasteiger charge is 2.16. The van der Waals surface area contributed by atoms with Gasteiger partial charge in [-0.3, -0.25) is 4.79 Å². The van der Waals surface area contributed by atoms with Crippen LogP contribution in [0.25, 0.3) is 0 Å². The molecule has 2 rings (SSSR count). The minimum Gasteiger partial charge on any atom is -0.457 e. The fourth-order valence-corrected chi connectivity index (χ4v) is 2.65. The zero-order chi connectivity index (χ0) is 17.5. The molecule has 0 aliphatic carbocycles. The van der Waals surface area contributed by atoms with Crippen molar-refractivity contribution in [2.45, 2.75) is 40.3 Å². The number of hydrogen-bond acceptors (Lipinski definition) is 3. The predicted octanol–water partition coefficient (Wildman–Crippen LogP) is 2.99. The Labute approximate surface area is 142 Å². The third kappa shape index (κ3) is 4.72. The van der Waals surface area contributed by atoms with E-state index in [1.165, 1.54) is 6.92 Å². The molecule has 128 valence electrons. The van der Waals surface area contributed by atoms with Crippen molar-refractivity contribution in [1.82, 2.24) is 9.88 Å². The van der Waals surface area contributed by atoms with E-state index in [2.05, 4.69) is 9.88 Å². The average Bonchev–Trinajstić information content (AvgIpc) is 2.85. The van der Waals surface area contributed by atoms with Crippen LogP contribution in [0.15, 0.2) is 36.4 Å². The minimum atomic E-state index is -0.305. The number of amides is 1. The van der Waals surface area contributed by atoms with E-state index in [0.717, 1.165) is 29.9 Å². The van der Waals surface area contributed by atoms with Crippen molar-refractivity contribution >= 4 is 11.9 Å². The van der Waals surface area contributed by atoms with Gasteiger partial charge in [0.1, 0.15) is 6.61 Å². The van der Waals surface area contributed by atoms with Crippen LogP contribution >= 0.6 is 0 Å². The molecule has 1 aromatic carbocycles. The van der Waals surface area contributed by atoms with E-state index in [0.29, 0.717) is 12.1 Å². The molecule has 1 heterocycles. The van der Waals surface area contributed by atoms with Gasteiger partial charge in [0.25, 0.3) is 0 Å². The molecule has 0 bridgehead atoms. The summed E-state index contributed by atoms with van der Waals surface area (Å²) < 4.78 is 7.50. The number of carbonyl (C=O) groups is 2. The van der Waals surface area contributed by atoms with Crippen molar-refractivity contribution in [3.63, 3.8) is 0 Å². The number of benzene rings is 1. The van der Waals surface area contributed by atoms with E-state index in [-0.39, 0.29) is 18.5 Å². The summed E-state index contributed by atoms with van der Waals surface area (Å²) in [5, 5.41) is 2.78. The van der Waals surface area contributed by atoms with Gasteiger partial charge < -0.3 is 14.6 Å². The molecule has 5 nitrogen and oxygen atoms in total. The van der Waals surface area contributed by atoms with Gasteiger partial charge in [0.15, 0.2) is 0 Å². The van der Waals surface area contributed by atoms with Gasteiger partial charge in [0, 0.05) is 31.4 Å². The maximum Gasteiger partial charge on any atom is 0.340 e. The Hall–Kier alpha value is -2.56. The summed E-state index contributed by atoms with van der Waals surface area (Å²) >= 11 is 0. The molecule has 0 aliphatic heterocycles. The smallest absolute Gasteiger partial charge is 0.340 e. The predicted molar refractivity (Wildman–Crippen MR) is 92.8 cm³/mol. The SMILES string of the molecule is CC(=O)NCCCn1c(C)cc(C(=O)OCc2ccccc2)c1C. The van der Waals surface area contributed by atoms with E-state index in [9.17, 15) is 9.59 Å². The van der Waals surface area contributed by atoms with Gasteiger partial charge in [-0.1, -0.05) is 30.3 Å². The quantitative estimate of drug-likeness (QED) is 0.628. The molecule has 1 aromatic heterocycles. The molecule has 5 heteroatoms. The molecule has 0 spiro atoms. The highest BCUT2D eigenvalue weighted by Crippen LogP contribution is 2.17. The molecular formula is C19H24N2O3. The van der Waals surface area contributed by atoms with Crippen LogP contribution in [0.4, 0.5) is 0 Å². The number of nitrogens with zero attached hydrogens (tertiary/aromatic N) is 1. The summed E-state index contributed by atoms with van der Waals surface area (Å²) in [4.78, 5) is 23.2. The van der Waals surface area contributed by atoms with Crippen LogP contribution in [0.2, 0.25) is 0 Å². The molecule has 0 radical (unpaired) electrons. The lowest BCUT2D eigenvalue weighted by Crippen LogP contribution is -2.22. The Balaban J connectivity index is 1.96. The first-order chi connectivity index (χ1) is 11.5. The summed E-state index contributed by atoms with van der Waals surface area (Å²) in [6.07, 6.45) is 0.814. The first-order valence-electron chi connectivity index (χ1n) is 8.11. The van der Waals surface area contributed by atoms with Crippen LogP contribution < -0.4 is 5.32 Å². The topological polar surface area (TPSA) is 60.3 Å². The third-order valence-corrected chi connectivity index (χ3v) is 3.94. The number of rotatable bonds is 7. The summed E-state index contributed by atoms with van der Waals surface area (Å²) in [6.45, 7) is 7.05. The lowest BCUT2D eigenvalue weighted by Gasteiger charge is -2.10. The Morgan fingerprint density at radius 1 is 1.17 bits per heavy atom. The molecule has 1 amide bonds. The van der Waals surface area contributed by atoms with Crippen molar-refractivity contribution in [3.05, 3.63) is 58.9 Å². The maximum absolute atomic E-state index is 12.3. The second-order valence-electron chi connectivity index (χ2n) is 5.83. The number of nitrogens with one attached hydrogen (secondary N) is 1. The lowest BCUT2D eigenvalue weighted by atomic mass is 10.2. The number of esters is 1. The summed E-state index contributed by atoms with van der Waals surface area (Å²) in [6, 6.07) is 11.5. The standard InChI is InChI=1S/C19H24N2O3/c1-14-12-18(15(2)21(14)11-7-10-20-16(3)22)19(23)24-13-17-8-5-4-6-9-17/h4-6,8-9,12H,7,10-11,13H2,1-3H3,(H,20,22). The molecule has 0 saturated carbocycles. The van der Waals surface area contributed by atoms with Crippen LogP contribution in [0.5, 0.6) is 0 Å². The van der Waals surface area contributed by atoms with Crippen molar-refractivity contribution in [2.24, 2.45) is 0 Å². The first kappa shape index (κ1) is 17.8. The van der Waals surface area contributed by atoms with Gasteiger partial charge in [0.2, 0.25) is 5.91 Å². The van der Waals surface area contributed by atoms with Crippen molar-refractivity contribution in [1.29, 1.82) is 0 Å². The molecule has 24 heavy (non-hydrogen) atoms. The molecule has 0 fully saturated rings. The normalized spacial score (nSPS) is 10.5. The molecule has 0 aliphatic rings. The highest BCUT2D eigenvalue weighted by molar-refractivity contribution is 5.91. The van der Waals surface area contributed by atoms with Crippen LogP contribution in [0.3, 0.4) is 0 Å². The van der Waals surface area contributed by atoms with E-state index >= 15 is 0 Å². The van der Waals surface area contributed by atoms with Gasteiger partial charge in [-0.15, -0.1) is 0 Å². The average molecular weight is 328 g/mol. The number of ether oxygens (including phenoxy) is 1. The van der Waals surface area contributed by atoms with E-state index < -0.39 is 0 Å². The second kappa shape index (κ2) is 8.34. The second-order valence-corrected chi connectivity index (χ2v) is 5.83. The van der Waals surface area contributed by atoms with Crippen LogP contribution in [0, 0.1) is 13.8 Å². The third-order valence-electron chi connectivity index (χ3n) is 3.94. The lowest BCUT2D eigenvalue weighted by molar-refractivity contribution is -0.118. The highest BCUT2D eigenvalue weighted by atomic mass is 16.5. The fourth-order valence-electron chi connectivity index (χ4n) is 2.65. The Morgan fingerprint density at radius 2 is 1.88 bits per heavy atom. The first-order valence-corrected chi connectivity index (χ1v) is 8.11. The summed E-state index contributed by atoms with van der Waals surface area (Å²) in [7, 11) is 0. The van der Waals surface area contributed by atoms with Gasteiger partial charge in [-0.25, -0.2) is 4.79 Å². The number of carbonyl (C=O) groups excluding carboxylic acids is 2. The molecular weight excluding hydrogens is 304 g/mol. The van der Waals surface area contributed by atoms with Crippen LogP contribution in [-0.2, 0) is 22.7 Å². The monoisotopic (exact) mass is 328 g/mol. The Bertz CT molecular complexity index is 705. The molecule has 0 atom stereocenters. The summed E-state index contributed by atoms with van der Waals surface area (Å²) in [5.74, 6) is -0.332. The molecule has 1 N–H and O–H groups in total. The van der Waals surface area contributed by atoms with Crippen LogP contribution in [0.1, 0.15) is 40.7 Å². The Kier molecular flexibility index (Phi) is 6.18. The van der Waals surface area contributed by atoms with E-state index in [1.54, 1.807) is 0 Å². The fraction of sp³-hybridized carbons (Fsp3) is 0.368. The number of aromatic nitrogens is 1. The van der Waals surface area contributed by atoms with Gasteiger partial charge in [-0.05, 0) is 31.9 Å². The zero-order valence-electron chi connectivity index (χ0n) is 14.5. The number of aryl methyl sites for hydroxylation is 1. The zero-order valence-corrected chi connectivity index (χ0v) is 14.5.